The highest BCUT2D eigenvalue weighted by Crippen LogP contribution is 2.27. The van der Waals surface area contributed by atoms with Crippen LogP contribution in [-0.4, -0.2) is 34.6 Å². The number of aryl methyl sites for hydroxylation is 1. The summed E-state index contributed by atoms with van der Waals surface area (Å²) in [6.45, 7) is 3.44. The Balaban J connectivity index is 1.53. The minimum atomic E-state index is -0.0464. The van der Waals surface area contributed by atoms with E-state index in [4.69, 9.17) is 4.74 Å². The predicted octanol–water partition coefficient (Wildman–Crippen LogP) is 2.64. The lowest BCUT2D eigenvalue weighted by Gasteiger charge is -2.35. The lowest BCUT2D eigenvalue weighted by molar-refractivity contribution is -0.138. The zero-order valence-electron chi connectivity index (χ0n) is 14.8. The summed E-state index contributed by atoms with van der Waals surface area (Å²) in [5.74, 6) is 1.24. The van der Waals surface area contributed by atoms with Crippen molar-refractivity contribution in [2.45, 2.75) is 58.0 Å². The molecule has 132 valence electrons. The largest absolute Gasteiger partial charge is 0.490 e. The fourth-order valence-corrected chi connectivity index (χ4v) is 3.80. The predicted molar refractivity (Wildman–Crippen MR) is 93.2 cm³/mol. The second-order valence-corrected chi connectivity index (χ2v) is 7.21. The summed E-state index contributed by atoms with van der Waals surface area (Å²) in [5.41, 5.74) is 0.845. The fraction of sp³-hybridized carbons (Fsp3) is 0.684. The van der Waals surface area contributed by atoms with Gasteiger partial charge in [0.05, 0.1) is 0 Å². The molecule has 1 aliphatic carbocycles. The summed E-state index contributed by atoms with van der Waals surface area (Å²) in [7, 11) is 1.76. The van der Waals surface area contributed by atoms with Gasteiger partial charge in [-0.25, -0.2) is 0 Å². The van der Waals surface area contributed by atoms with Gasteiger partial charge in [-0.1, -0.05) is 19.3 Å². The van der Waals surface area contributed by atoms with E-state index in [-0.39, 0.29) is 17.6 Å². The van der Waals surface area contributed by atoms with Gasteiger partial charge in [0.25, 0.3) is 5.56 Å². The lowest BCUT2D eigenvalue weighted by Crippen LogP contribution is -2.44. The molecule has 1 aromatic heterocycles. The zero-order chi connectivity index (χ0) is 17.1. The van der Waals surface area contributed by atoms with Crippen LogP contribution in [-0.2, 0) is 11.8 Å². The Morgan fingerprint density at radius 1 is 1.08 bits per heavy atom. The van der Waals surface area contributed by atoms with E-state index in [1.807, 2.05) is 17.9 Å². The third-order valence-corrected chi connectivity index (χ3v) is 5.49. The van der Waals surface area contributed by atoms with Crippen LogP contribution in [0.4, 0.5) is 0 Å². The molecule has 0 bridgehead atoms. The first-order valence-corrected chi connectivity index (χ1v) is 9.17. The summed E-state index contributed by atoms with van der Waals surface area (Å²) in [6.07, 6.45) is 7.54. The number of ether oxygens (including phenoxy) is 1. The molecular weight excluding hydrogens is 304 g/mol. The molecule has 2 heterocycles. The normalized spacial score (nSPS) is 20.2. The van der Waals surface area contributed by atoms with Crippen molar-refractivity contribution in [2.24, 2.45) is 13.0 Å². The van der Waals surface area contributed by atoms with Crippen LogP contribution in [0.2, 0.25) is 0 Å². The number of pyridine rings is 1. The smallest absolute Gasteiger partial charge is 0.254 e. The van der Waals surface area contributed by atoms with E-state index in [0.29, 0.717) is 11.7 Å². The minimum absolute atomic E-state index is 0.0464. The van der Waals surface area contributed by atoms with Crippen molar-refractivity contribution < 1.29 is 9.53 Å². The van der Waals surface area contributed by atoms with Crippen molar-refractivity contribution in [2.75, 3.05) is 13.1 Å². The Hall–Kier alpha value is -1.78. The maximum absolute atomic E-state index is 12.6. The van der Waals surface area contributed by atoms with Crippen molar-refractivity contribution in [1.29, 1.82) is 0 Å². The Labute approximate surface area is 143 Å². The van der Waals surface area contributed by atoms with E-state index in [2.05, 4.69) is 0 Å². The Bertz CT molecular complexity index is 639. The Morgan fingerprint density at radius 2 is 1.75 bits per heavy atom. The van der Waals surface area contributed by atoms with Crippen LogP contribution >= 0.6 is 0 Å². The van der Waals surface area contributed by atoms with Gasteiger partial charge in [0, 0.05) is 50.7 Å². The van der Waals surface area contributed by atoms with Gasteiger partial charge in [-0.3, -0.25) is 9.59 Å². The van der Waals surface area contributed by atoms with Gasteiger partial charge in [-0.2, -0.15) is 0 Å². The molecular formula is C19H28N2O3. The van der Waals surface area contributed by atoms with E-state index in [1.54, 1.807) is 17.7 Å². The zero-order valence-corrected chi connectivity index (χ0v) is 14.8. The van der Waals surface area contributed by atoms with Gasteiger partial charge >= 0.3 is 0 Å². The summed E-state index contributed by atoms with van der Waals surface area (Å²) in [6, 6.07) is 3.45. The van der Waals surface area contributed by atoms with Crippen molar-refractivity contribution in [3.05, 3.63) is 28.2 Å². The SMILES string of the molecule is Cc1cc(OC2CCN(C(=O)C3CCCCC3)CC2)cc(=O)n1C. The standard InChI is InChI=1S/C19H28N2O3/c1-14-12-17(13-18(22)20(14)2)24-16-8-10-21(11-9-16)19(23)15-6-4-3-5-7-15/h12-13,15-16H,3-11H2,1-2H3. The number of carbonyl (C=O) groups is 1. The first-order valence-electron chi connectivity index (χ1n) is 9.17. The van der Waals surface area contributed by atoms with Gasteiger partial charge < -0.3 is 14.2 Å². The number of hydrogen-bond acceptors (Lipinski definition) is 3. The second kappa shape index (κ2) is 7.41. The first kappa shape index (κ1) is 17.1. The van der Waals surface area contributed by atoms with Gasteiger partial charge in [0.15, 0.2) is 0 Å². The molecule has 0 aromatic carbocycles. The molecule has 0 unspecified atom stereocenters. The molecule has 1 aliphatic heterocycles. The molecule has 24 heavy (non-hydrogen) atoms. The maximum Gasteiger partial charge on any atom is 0.254 e. The number of nitrogens with zero attached hydrogens (tertiary/aromatic N) is 2. The molecule has 5 heteroatoms. The van der Waals surface area contributed by atoms with Crippen LogP contribution in [0.3, 0.4) is 0 Å². The van der Waals surface area contributed by atoms with Crippen molar-refractivity contribution in [1.82, 2.24) is 9.47 Å². The third kappa shape index (κ3) is 3.82. The number of hydrogen-bond donors (Lipinski definition) is 0. The van der Waals surface area contributed by atoms with Crippen molar-refractivity contribution >= 4 is 5.91 Å². The summed E-state index contributed by atoms with van der Waals surface area (Å²) in [5, 5.41) is 0. The van der Waals surface area contributed by atoms with Crippen molar-refractivity contribution in [3.63, 3.8) is 0 Å². The highest BCUT2D eigenvalue weighted by Gasteiger charge is 2.29. The number of rotatable bonds is 3. The maximum atomic E-state index is 12.6. The lowest BCUT2D eigenvalue weighted by atomic mass is 9.88. The van der Waals surface area contributed by atoms with Gasteiger partial charge in [-0.15, -0.1) is 0 Å². The first-order chi connectivity index (χ1) is 11.5. The Kier molecular flexibility index (Phi) is 5.27. The summed E-state index contributed by atoms with van der Waals surface area (Å²) in [4.78, 5) is 26.5. The molecule has 5 nitrogen and oxygen atoms in total. The van der Waals surface area contributed by atoms with Crippen molar-refractivity contribution in [3.8, 4) is 5.75 Å². The highest BCUT2D eigenvalue weighted by molar-refractivity contribution is 5.79. The molecule has 1 aromatic rings. The van der Waals surface area contributed by atoms with E-state index < -0.39 is 0 Å². The number of aromatic nitrogens is 1. The van der Waals surface area contributed by atoms with E-state index in [1.165, 1.54) is 19.3 Å². The molecule has 0 radical (unpaired) electrons. The van der Waals surface area contributed by atoms with E-state index in [9.17, 15) is 9.59 Å². The molecule has 1 saturated heterocycles. The van der Waals surface area contributed by atoms with Gasteiger partial charge in [0.1, 0.15) is 11.9 Å². The number of carbonyl (C=O) groups excluding carboxylic acids is 1. The van der Waals surface area contributed by atoms with Gasteiger partial charge in [0.2, 0.25) is 5.91 Å². The average molecular weight is 332 g/mol. The molecule has 1 amide bonds. The molecule has 0 N–H and O–H groups in total. The minimum Gasteiger partial charge on any atom is -0.490 e. The molecule has 2 fully saturated rings. The fourth-order valence-electron chi connectivity index (χ4n) is 3.80. The van der Waals surface area contributed by atoms with Crippen LogP contribution in [0.25, 0.3) is 0 Å². The quantitative estimate of drug-likeness (QED) is 0.855. The number of piperidine rings is 1. The Morgan fingerprint density at radius 3 is 2.38 bits per heavy atom. The highest BCUT2D eigenvalue weighted by atomic mass is 16.5. The number of amides is 1. The number of likely N-dealkylation sites (tertiary alicyclic amines) is 1. The van der Waals surface area contributed by atoms with Crippen LogP contribution in [0.5, 0.6) is 5.75 Å². The molecule has 2 aliphatic rings. The van der Waals surface area contributed by atoms with Crippen LogP contribution in [0.1, 0.15) is 50.6 Å². The molecule has 3 rings (SSSR count). The van der Waals surface area contributed by atoms with E-state index in [0.717, 1.165) is 44.5 Å². The third-order valence-electron chi connectivity index (χ3n) is 5.49. The topological polar surface area (TPSA) is 51.5 Å². The summed E-state index contributed by atoms with van der Waals surface area (Å²) < 4.78 is 7.60. The molecule has 0 spiro atoms. The average Bonchev–Trinajstić information content (AvgIpc) is 2.60. The van der Waals surface area contributed by atoms with Crippen LogP contribution in [0, 0.1) is 12.8 Å². The van der Waals surface area contributed by atoms with Crippen LogP contribution in [0.15, 0.2) is 16.9 Å². The summed E-state index contributed by atoms with van der Waals surface area (Å²) >= 11 is 0. The molecule has 1 saturated carbocycles. The molecule has 0 atom stereocenters. The second-order valence-electron chi connectivity index (χ2n) is 7.21. The monoisotopic (exact) mass is 332 g/mol. The van der Waals surface area contributed by atoms with Gasteiger partial charge in [-0.05, 0) is 25.8 Å². The van der Waals surface area contributed by atoms with E-state index >= 15 is 0 Å². The van der Waals surface area contributed by atoms with Crippen LogP contribution < -0.4 is 10.3 Å².